The van der Waals surface area contributed by atoms with Crippen LogP contribution in [0, 0.1) is 0 Å². The summed E-state index contributed by atoms with van der Waals surface area (Å²) in [5.74, 6) is 1.49. The van der Waals surface area contributed by atoms with Gasteiger partial charge in [-0.05, 0) is 43.4 Å². The molecular formula is C19H29ClN4O2S. The number of nitrogens with zero attached hydrogens (tertiary/aromatic N) is 2. The Balaban J connectivity index is 1.47. The Morgan fingerprint density at radius 2 is 2.04 bits per heavy atom. The normalized spacial score (nSPS) is 24.6. The molecule has 2 N–H and O–H groups in total. The van der Waals surface area contributed by atoms with Crippen LogP contribution in [-0.4, -0.2) is 56.7 Å². The molecule has 1 aromatic carbocycles. The number of hydrogen-bond acceptors (Lipinski definition) is 3. The topological polar surface area (TPSA) is 73.8 Å². The smallest absolute Gasteiger partial charge is 0.214 e. The van der Waals surface area contributed by atoms with Crippen LogP contribution in [0.5, 0.6) is 0 Å². The zero-order valence-electron chi connectivity index (χ0n) is 16.0. The second kappa shape index (κ2) is 8.80. The third-order valence-corrected chi connectivity index (χ3v) is 7.57. The standard InChI is InChI=1S/C19H29ClN4O2S/c1-3-11-27(25,26)24-9-7-16(8-10-24)22-19(21-2)23-18-13-17(18)14-5-4-6-15(20)12-14/h4-6,12,16-18H,3,7-11,13H2,1-2H3,(H2,21,22,23). The van der Waals surface area contributed by atoms with E-state index in [4.69, 9.17) is 11.6 Å². The second-order valence-electron chi connectivity index (χ2n) is 7.35. The van der Waals surface area contributed by atoms with E-state index in [9.17, 15) is 8.42 Å². The maximum atomic E-state index is 12.2. The molecule has 150 valence electrons. The van der Waals surface area contributed by atoms with E-state index in [2.05, 4.69) is 21.7 Å². The molecule has 2 unspecified atom stereocenters. The highest BCUT2D eigenvalue weighted by Crippen LogP contribution is 2.41. The number of nitrogens with one attached hydrogen (secondary N) is 2. The predicted octanol–water partition coefficient (Wildman–Crippen LogP) is 2.57. The first-order chi connectivity index (χ1) is 12.9. The van der Waals surface area contributed by atoms with Gasteiger partial charge in [0, 0.05) is 43.2 Å². The van der Waals surface area contributed by atoms with E-state index in [1.807, 2.05) is 25.1 Å². The largest absolute Gasteiger partial charge is 0.354 e. The highest BCUT2D eigenvalue weighted by molar-refractivity contribution is 7.89. The van der Waals surface area contributed by atoms with Crippen molar-refractivity contribution in [2.45, 2.75) is 50.6 Å². The number of guanidine groups is 1. The van der Waals surface area contributed by atoms with Crippen LogP contribution in [0.25, 0.3) is 0 Å². The predicted molar refractivity (Wildman–Crippen MR) is 111 cm³/mol. The summed E-state index contributed by atoms with van der Waals surface area (Å²) in [6.07, 6.45) is 3.32. The number of rotatable bonds is 6. The van der Waals surface area contributed by atoms with Crippen LogP contribution in [0.2, 0.25) is 5.02 Å². The van der Waals surface area contributed by atoms with Crippen LogP contribution in [0.4, 0.5) is 0 Å². The number of aliphatic imine (C=N–C) groups is 1. The number of hydrogen-bond donors (Lipinski definition) is 2. The molecule has 2 atom stereocenters. The maximum Gasteiger partial charge on any atom is 0.214 e. The molecule has 2 aliphatic rings. The Hall–Kier alpha value is -1.31. The minimum atomic E-state index is -3.09. The summed E-state index contributed by atoms with van der Waals surface area (Å²) in [5, 5.41) is 7.71. The lowest BCUT2D eigenvalue weighted by Gasteiger charge is -2.32. The van der Waals surface area contributed by atoms with Gasteiger partial charge in [0.1, 0.15) is 0 Å². The van der Waals surface area contributed by atoms with Gasteiger partial charge in [0.05, 0.1) is 5.75 Å². The first kappa shape index (κ1) is 20.4. The fraction of sp³-hybridized carbons (Fsp3) is 0.632. The van der Waals surface area contributed by atoms with Crippen LogP contribution in [0.15, 0.2) is 29.3 Å². The van der Waals surface area contributed by atoms with Crippen molar-refractivity contribution in [3.8, 4) is 0 Å². The Morgan fingerprint density at radius 1 is 1.30 bits per heavy atom. The first-order valence-corrected chi connectivity index (χ1v) is 11.6. The van der Waals surface area contributed by atoms with Crippen molar-refractivity contribution >= 4 is 27.6 Å². The molecule has 27 heavy (non-hydrogen) atoms. The molecule has 0 radical (unpaired) electrons. The second-order valence-corrected chi connectivity index (χ2v) is 9.88. The average Bonchev–Trinajstić information content (AvgIpc) is 3.41. The summed E-state index contributed by atoms with van der Waals surface area (Å²) in [5.41, 5.74) is 1.25. The fourth-order valence-corrected chi connectivity index (χ4v) is 5.41. The third-order valence-electron chi connectivity index (χ3n) is 5.26. The number of benzene rings is 1. The van der Waals surface area contributed by atoms with E-state index in [0.29, 0.717) is 31.5 Å². The number of piperidine rings is 1. The molecule has 0 bridgehead atoms. The van der Waals surface area contributed by atoms with Crippen molar-refractivity contribution in [2.24, 2.45) is 4.99 Å². The van der Waals surface area contributed by atoms with Gasteiger partial charge in [-0.2, -0.15) is 0 Å². The molecular weight excluding hydrogens is 384 g/mol. The van der Waals surface area contributed by atoms with E-state index in [1.165, 1.54) is 5.56 Å². The summed E-state index contributed by atoms with van der Waals surface area (Å²) in [7, 11) is -1.32. The molecule has 1 aromatic rings. The molecule has 0 spiro atoms. The summed E-state index contributed by atoms with van der Waals surface area (Å²) in [4.78, 5) is 4.34. The summed E-state index contributed by atoms with van der Waals surface area (Å²) in [6, 6.07) is 8.62. The zero-order valence-corrected chi connectivity index (χ0v) is 17.6. The van der Waals surface area contributed by atoms with Gasteiger partial charge in [0.25, 0.3) is 0 Å². The van der Waals surface area contributed by atoms with Crippen LogP contribution in [0.3, 0.4) is 0 Å². The zero-order chi connectivity index (χ0) is 19.4. The quantitative estimate of drug-likeness (QED) is 0.556. The molecule has 6 nitrogen and oxygen atoms in total. The van der Waals surface area contributed by atoms with Gasteiger partial charge in [-0.15, -0.1) is 0 Å². The van der Waals surface area contributed by atoms with Crippen LogP contribution in [-0.2, 0) is 10.0 Å². The van der Waals surface area contributed by atoms with Gasteiger partial charge < -0.3 is 10.6 Å². The molecule has 1 aliphatic heterocycles. The summed E-state index contributed by atoms with van der Waals surface area (Å²) >= 11 is 6.09. The Kier molecular flexibility index (Phi) is 6.65. The van der Waals surface area contributed by atoms with Crippen molar-refractivity contribution in [3.05, 3.63) is 34.9 Å². The summed E-state index contributed by atoms with van der Waals surface area (Å²) < 4.78 is 26.0. The molecule has 1 saturated carbocycles. The SMILES string of the molecule is CCCS(=O)(=O)N1CCC(NC(=NC)NC2CC2c2cccc(Cl)c2)CC1. The highest BCUT2D eigenvalue weighted by Gasteiger charge is 2.39. The van der Waals surface area contributed by atoms with Crippen molar-refractivity contribution in [3.63, 3.8) is 0 Å². The molecule has 0 aromatic heterocycles. The summed E-state index contributed by atoms with van der Waals surface area (Å²) in [6.45, 7) is 3.05. The van der Waals surface area contributed by atoms with Crippen LogP contribution in [0.1, 0.15) is 44.1 Å². The molecule has 1 aliphatic carbocycles. The van der Waals surface area contributed by atoms with E-state index in [0.717, 1.165) is 30.2 Å². The number of sulfonamides is 1. The van der Waals surface area contributed by atoms with Crippen LogP contribution < -0.4 is 10.6 Å². The average molecular weight is 413 g/mol. The van der Waals surface area contributed by atoms with Gasteiger partial charge in [-0.25, -0.2) is 12.7 Å². The first-order valence-electron chi connectivity index (χ1n) is 9.66. The lowest BCUT2D eigenvalue weighted by Crippen LogP contribution is -2.50. The van der Waals surface area contributed by atoms with Crippen molar-refractivity contribution in [1.82, 2.24) is 14.9 Å². The Labute approximate surface area is 167 Å². The Morgan fingerprint density at radius 3 is 2.67 bits per heavy atom. The molecule has 1 saturated heterocycles. The van der Waals surface area contributed by atoms with Gasteiger partial charge >= 0.3 is 0 Å². The van der Waals surface area contributed by atoms with Gasteiger partial charge in [0.15, 0.2) is 5.96 Å². The molecule has 8 heteroatoms. The minimum absolute atomic E-state index is 0.237. The van der Waals surface area contributed by atoms with E-state index >= 15 is 0 Å². The third kappa shape index (κ3) is 5.36. The van der Waals surface area contributed by atoms with Crippen molar-refractivity contribution < 1.29 is 8.42 Å². The van der Waals surface area contributed by atoms with E-state index in [1.54, 1.807) is 11.4 Å². The maximum absolute atomic E-state index is 12.2. The molecule has 3 rings (SSSR count). The Bertz CT molecular complexity index is 776. The molecule has 1 heterocycles. The number of halogens is 1. The molecule has 2 fully saturated rings. The highest BCUT2D eigenvalue weighted by atomic mass is 35.5. The van der Waals surface area contributed by atoms with Gasteiger partial charge in [-0.3, -0.25) is 4.99 Å². The fourth-order valence-electron chi connectivity index (χ4n) is 3.67. The lowest BCUT2D eigenvalue weighted by atomic mass is 10.1. The van der Waals surface area contributed by atoms with E-state index in [-0.39, 0.29) is 11.8 Å². The lowest BCUT2D eigenvalue weighted by molar-refractivity contribution is 0.306. The van der Waals surface area contributed by atoms with Crippen LogP contribution >= 0.6 is 11.6 Å². The van der Waals surface area contributed by atoms with E-state index < -0.39 is 10.0 Å². The monoisotopic (exact) mass is 412 g/mol. The minimum Gasteiger partial charge on any atom is -0.354 e. The van der Waals surface area contributed by atoms with Gasteiger partial charge in [0.2, 0.25) is 10.0 Å². The molecule has 0 amide bonds. The van der Waals surface area contributed by atoms with Gasteiger partial charge in [-0.1, -0.05) is 30.7 Å². The van der Waals surface area contributed by atoms with Crippen molar-refractivity contribution in [1.29, 1.82) is 0 Å². The van der Waals surface area contributed by atoms with Crippen molar-refractivity contribution in [2.75, 3.05) is 25.9 Å².